The zero-order chi connectivity index (χ0) is 11.4. The molecule has 2 rings (SSSR count). The number of carbonyl (C=O) groups is 1. The molecule has 3 N–H and O–H groups in total. The molecule has 2 heterocycles. The molecule has 16 heavy (non-hydrogen) atoms. The van der Waals surface area contributed by atoms with E-state index in [0.29, 0.717) is 13.0 Å². The average molecular weight is 222 g/mol. The quantitative estimate of drug-likeness (QED) is 0.685. The molecule has 0 saturated carbocycles. The van der Waals surface area contributed by atoms with Gasteiger partial charge in [0.15, 0.2) is 0 Å². The number of carbonyl (C=O) groups excluding carboxylic acids is 1. The summed E-state index contributed by atoms with van der Waals surface area (Å²) in [7, 11) is 0. The molecule has 0 aliphatic carbocycles. The molecule has 1 saturated heterocycles. The first-order valence-electron chi connectivity index (χ1n) is 5.67. The van der Waals surface area contributed by atoms with Crippen molar-refractivity contribution in [2.75, 3.05) is 19.6 Å². The van der Waals surface area contributed by atoms with Crippen molar-refractivity contribution in [1.29, 1.82) is 0 Å². The number of likely N-dealkylation sites (tertiary alicyclic amines) is 1. The van der Waals surface area contributed by atoms with Gasteiger partial charge in [0.2, 0.25) is 0 Å². The van der Waals surface area contributed by atoms with E-state index in [4.69, 9.17) is 5.73 Å². The summed E-state index contributed by atoms with van der Waals surface area (Å²) < 4.78 is 0. The van der Waals surface area contributed by atoms with Crippen LogP contribution in [0.4, 0.5) is 0 Å². The molecule has 1 aliphatic heterocycles. The third-order valence-corrected chi connectivity index (χ3v) is 3.02. The molecule has 0 amide bonds. The molecule has 5 heteroatoms. The Morgan fingerprint density at radius 2 is 2.31 bits per heavy atom. The Hall–Kier alpha value is -1.20. The molecule has 1 aromatic heterocycles. The van der Waals surface area contributed by atoms with Crippen LogP contribution in [0.15, 0.2) is 12.5 Å². The third kappa shape index (κ3) is 2.68. The Kier molecular flexibility index (Phi) is 3.36. The van der Waals surface area contributed by atoms with Crippen LogP contribution in [0.25, 0.3) is 0 Å². The second-order valence-electron chi connectivity index (χ2n) is 4.57. The van der Waals surface area contributed by atoms with Crippen LogP contribution in [0.1, 0.15) is 18.5 Å². The van der Waals surface area contributed by atoms with E-state index in [9.17, 15) is 4.79 Å². The van der Waals surface area contributed by atoms with Gasteiger partial charge in [-0.2, -0.15) is 0 Å². The maximum Gasteiger partial charge on any atom is 0.141 e. The topological polar surface area (TPSA) is 75.0 Å². The Labute approximate surface area is 95.0 Å². The van der Waals surface area contributed by atoms with Crippen LogP contribution >= 0.6 is 0 Å². The summed E-state index contributed by atoms with van der Waals surface area (Å²) >= 11 is 0. The number of hydrogen-bond donors (Lipinski definition) is 2. The van der Waals surface area contributed by atoms with Crippen LogP contribution in [0.5, 0.6) is 0 Å². The maximum absolute atomic E-state index is 11.2. The lowest BCUT2D eigenvalue weighted by Gasteiger charge is -2.27. The molecule has 0 unspecified atom stereocenters. The molecule has 1 aliphatic rings. The summed E-state index contributed by atoms with van der Waals surface area (Å²) in [4.78, 5) is 20.4. The first kappa shape index (κ1) is 11.3. The molecule has 88 valence electrons. The number of nitrogens with one attached hydrogen (secondary N) is 1. The number of hydrogen-bond acceptors (Lipinski definition) is 4. The second kappa shape index (κ2) is 4.76. The Morgan fingerprint density at radius 3 is 2.88 bits per heavy atom. The van der Waals surface area contributed by atoms with Gasteiger partial charge in [-0.15, -0.1) is 0 Å². The van der Waals surface area contributed by atoms with Gasteiger partial charge in [0, 0.05) is 19.2 Å². The highest BCUT2D eigenvalue weighted by Gasteiger charge is 2.29. The van der Waals surface area contributed by atoms with Gasteiger partial charge in [0.1, 0.15) is 6.29 Å². The smallest absolute Gasteiger partial charge is 0.141 e. The van der Waals surface area contributed by atoms with Crippen molar-refractivity contribution in [3.8, 4) is 0 Å². The van der Waals surface area contributed by atoms with Crippen LogP contribution in [0, 0.1) is 0 Å². The van der Waals surface area contributed by atoms with E-state index in [-0.39, 0.29) is 0 Å². The fraction of sp³-hybridized carbons (Fsp3) is 0.636. The van der Waals surface area contributed by atoms with Crippen molar-refractivity contribution in [1.82, 2.24) is 14.9 Å². The van der Waals surface area contributed by atoms with Gasteiger partial charge in [0.05, 0.1) is 17.6 Å². The van der Waals surface area contributed by atoms with E-state index in [2.05, 4.69) is 14.9 Å². The van der Waals surface area contributed by atoms with E-state index in [1.807, 2.05) is 0 Å². The first-order valence-corrected chi connectivity index (χ1v) is 5.67. The summed E-state index contributed by atoms with van der Waals surface area (Å²) in [5.74, 6) is 0. The Morgan fingerprint density at radius 1 is 1.56 bits per heavy atom. The minimum absolute atomic E-state index is 0.497. The molecule has 1 fully saturated rings. The maximum atomic E-state index is 11.2. The van der Waals surface area contributed by atoms with Gasteiger partial charge >= 0.3 is 0 Å². The van der Waals surface area contributed by atoms with Crippen molar-refractivity contribution in [2.24, 2.45) is 5.73 Å². The first-order chi connectivity index (χ1) is 7.72. The summed E-state index contributed by atoms with van der Waals surface area (Å²) in [5, 5.41) is 0. The van der Waals surface area contributed by atoms with Crippen molar-refractivity contribution < 1.29 is 4.79 Å². The fourth-order valence-corrected chi connectivity index (χ4v) is 2.22. The van der Waals surface area contributed by atoms with Crippen molar-refractivity contribution in [2.45, 2.75) is 24.8 Å². The lowest BCUT2D eigenvalue weighted by atomic mass is 9.96. The third-order valence-electron chi connectivity index (χ3n) is 3.02. The molecular weight excluding hydrogens is 204 g/mol. The highest BCUT2D eigenvalue weighted by molar-refractivity contribution is 5.65. The number of imidazole rings is 1. The van der Waals surface area contributed by atoms with Gasteiger partial charge in [-0.1, -0.05) is 0 Å². The summed E-state index contributed by atoms with van der Waals surface area (Å²) in [5.41, 5.74) is 6.14. The number of aromatic nitrogens is 2. The predicted molar refractivity (Wildman–Crippen MR) is 60.9 cm³/mol. The molecule has 1 aromatic rings. The van der Waals surface area contributed by atoms with E-state index in [1.54, 1.807) is 12.5 Å². The molecule has 0 radical (unpaired) electrons. The normalized spacial score (nSPS) is 20.8. The molecule has 0 aromatic carbocycles. The van der Waals surface area contributed by atoms with Gasteiger partial charge in [-0.25, -0.2) is 4.98 Å². The summed E-state index contributed by atoms with van der Waals surface area (Å²) in [6, 6.07) is 0. The van der Waals surface area contributed by atoms with Crippen LogP contribution in [-0.4, -0.2) is 46.3 Å². The van der Waals surface area contributed by atoms with Gasteiger partial charge in [-0.3, -0.25) is 0 Å². The van der Waals surface area contributed by atoms with Crippen LogP contribution < -0.4 is 5.73 Å². The summed E-state index contributed by atoms with van der Waals surface area (Å²) in [6.07, 6.45) is 7.16. The lowest BCUT2D eigenvalue weighted by molar-refractivity contribution is -0.112. The fourth-order valence-electron chi connectivity index (χ4n) is 2.22. The number of nitrogens with zero attached hydrogens (tertiary/aromatic N) is 2. The second-order valence-corrected chi connectivity index (χ2v) is 4.57. The number of aromatic amines is 1. The highest BCUT2D eigenvalue weighted by atomic mass is 16.1. The van der Waals surface area contributed by atoms with Crippen LogP contribution in [0.2, 0.25) is 0 Å². The number of aldehydes is 1. The monoisotopic (exact) mass is 222 g/mol. The number of H-pyrrole nitrogens is 1. The molecule has 0 bridgehead atoms. The SMILES string of the molecule is N[C@@](C=O)(Cc1c[nH]cn1)CN1CCCC1. The van der Waals surface area contributed by atoms with E-state index in [1.165, 1.54) is 12.8 Å². The zero-order valence-electron chi connectivity index (χ0n) is 9.35. The minimum Gasteiger partial charge on any atom is -0.351 e. The predicted octanol–water partition coefficient (Wildman–Crippen LogP) is -0.0556. The van der Waals surface area contributed by atoms with Gasteiger partial charge in [-0.05, 0) is 25.9 Å². The standard InChI is InChI=1S/C11H18N4O/c12-11(8-16,5-10-6-13-9-14-10)7-15-3-1-2-4-15/h6,8-9H,1-5,7,12H2,(H,13,14)/t11-/m0/s1. The van der Waals surface area contributed by atoms with Crippen molar-refractivity contribution >= 4 is 6.29 Å². The van der Waals surface area contributed by atoms with Gasteiger partial charge in [0.25, 0.3) is 0 Å². The van der Waals surface area contributed by atoms with E-state index in [0.717, 1.165) is 25.1 Å². The largest absolute Gasteiger partial charge is 0.351 e. The molecule has 5 nitrogen and oxygen atoms in total. The average Bonchev–Trinajstić information content (AvgIpc) is 2.91. The summed E-state index contributed by atoms with van der Waals surface area (Å²) in [6.45, 7) is 2.73. The van der Waals surface area contributed by atoms with E-state index >= 15 is 0 Å². The van der Waals surface area contributed by atoms with Crippen LogP contribution in [0.3, 0.4) is 0 Å². The molecular formula is C11H18N4O. The number of nitrogens with two attached hydrogens (primary N) is 1. The number of rotatable bonds is 5. The van der Waals surface area contributed by atoms with Crippen LogP contribution in [-0.2, 0) is 11.2 Å². The minimum atomic E-state index is -0.806. The molecule has 0 spiro atoms. The van der Waals surface area contributed by atoms with E-state index < -0.39 is 5.54 Å². The lowest BCUT2D eigenvalue weighted by Crippen LogP contribution is -2.52. The van der Waals surface area contributed by atoms with Crippen molar-refractivity contribution in [3.05, 3.63) is 18.2 Å². The Bertz CT molecular complexity index is 332. The molecule has 1 atom stereocenters. The van der Waals surface area contributed by atoms with Crippen molar-refractivity contribution in [3.63, 3.8) is 0 Å². The highest BCUT2D eigenvalue weighted by Crippen LogP contribution is 2.13. The zero-order valence-corrected chi connectivity index (χ0v) is 9.35. The van der Waals surface area contributed by atoms with Gasteiger partial charge < -0.3 is 20.4 Å². The Balaban J connectivity index is 1.97.